The van der Waals surface area contributed by atoms with E-state index in [1.165, 1.54) is 4.90 Å². The summed E-state index contributed by atoms with van der Waals surface area (Å²) in [4.78, 5) is 13.6. The standard InChI is InChI=1S/C13H16F2N2O2/c14-10-6-9(7-11(15)8-10)12(18)13(19)17-4-1-2-16-3-5-17/h6-8,12,16,18H,1-5H2. The second-order valence-electron chi connectivity index (χ2n) is 4.53. The van der Waals surface area contributed by atoms with Gasteiger partial charge in [0.1, 0.15) is 11.6 Å². The molecule has 1 heterocycles. The highest BCUT2D eigenvalue weighted by atomic mass is 19.1. The highest BCUT2D eigenvalue weighted by Crippen LogP contribution is 2.19. The van der Waals surface area contributed by atoms with E-state index in [4.69, 9.17) is 0 Å². The van der Waals surface area contributed by atoms with Gasteiger partial charge in [-0.3, -0.25) is 4.79 Å². The van der Waals surface area contributed by atoms with Gasteiger partial charge >= 0.3 is 0 Å². The molecule has 1 unspecified atom stereocenters. The van der Waals surface area contributed by atoms with E-state index in [9.17, 15) is 18.7 Å². The van der Waals surface area contributed by atoms with E-state index >= 15 is 0 Å². The van der Waals surface area contributed by atoms with Gasteiger partial charge in [-0.05, 0) is 30.7 Å². The molecule has 1 aromatic carbocycles. The van der Waals surface area contributed by atoms with E-state index in [2.05, 4.69) is 5.32 Å². The minimum atomic E-state index is -1.52. The van der Waals surface area contributed by atoms with Gasteiger partial charge in [-0.25, -0.2) is 8.78 Å². The van der Waals surface area contributed by atoms with Crippen molar-refractivity contribution in [1.82, 2.24) is 10.2 Å². The number of aliphatic hydroxyl groups is 1. The van der Waals surface area contributed by atoms with Gasteiger partial charge in [-0.2, -0.15) is 0 Å². The van der Waals surface area contributed by atoms with Crippen LogP contribution in [0.15, 0.2) is 18.2 Å². The minimum Gasteiger partial charge on any atom is -0.378 e. The van der Waals surface area contributed by atoms with Crippen molar-refractivity contribution in [2.24, 2.45) is 0 Å². The lowest BCUT2D eigenvalue weighted by atomic mass is 10.1. The Kier molecular flexibility index (Phi) is 4.44. The second kappa shape index (κ2) is 6.08. The first-order valence-electron chi connectivity index (χ1n) is 6.21. The van der Waals surface area contributed by atoms with E-state index in [0.29, 0.717) is 25.7 Å². The van der Waals surface area contributed by atoms with E-state index in [1.807, 2.05) is 0 Å². The monoisotopic (exact) mass is 270 g/mol. The van der Waals surface area contributed by atoms with Crippen molar-refractivity contribution in [1.29, 1.82) is 0 Å². The Balaban J connectivity index is 2.13. The summed E-state index contributed by atoms with van der Waals surface area (Å²) < 4.78 is 26.1. The third kappa shape index (κ3) is 3.48. The lowest BCUT2D eigenvalue weighted by Gasteiger charge is -2.23. The van der Waals surface area contributed by atoms with Gasteiger partial charge in [0.25, 0.3) is 5.91 Å². The molecule has 2 rings (SSSR count). The number of halogens is 2. The van der Waals surface area contributed by atoms with Crippen molar-refractivity contribution in [3.63, 3.8) is 0 Å². The number of carbonyl (C=O) groups is 1. The lowest BCUT2D eigenvalue weighted by Crippen LogP contribution is -2.37. The molecule has 6 heteroatoms. The highest BCUT2D eigenvalue weighted by Gasteiger charge is 2.25. The predicted molar refractivity (Wildman–Crippen MR) is 65.4 cm³/mol. The first-order valence-corrected chi connectivity index (χ1v) is 6.21. The van der Waals surface area contributed by atoms with Crippen molar-refractivity contribution >= 4 is 5.91 Å². The normalized spacial score (nSPS) is 17.9. The molecule has 0 saturated carbocycles. The molecule has 4 nitrogen and oxygen atoms in total. The van der Waals surface area contributed by atoms with Gasteiger partial charge in [0.05, 0.1) is 0 Å². The van der Waals surface area contributed by atoms with Crippen LogP contribution in [-0.4, -0.2) is 42.1 Å². The molecular formula is C13H16F2N2O2. The van der Waals surface area contributed by atoms with Crippen LogP contribution in [0.5, 0.6) is 0 Å². The Morgan fingerprint density at radius 3 is 2.58 bits per heavy atom. The number of amides is 1. The third-order valence-electron chi connectivity index (χ3n) is 3.09. The molecule has 1 aliphatic heterocycles. The van der Waals surface area contributed by atoms with Gasteiger partial charge in [0.15, 0.2) is 6.10 Å². The number of nitrogens with zero attached hydrogens (tertiary/aromatic N) is 1. The molecule has 0 aliphatic carbocycles. The second-order valence-corrected chi connectivity index (χ2v) is 4.53. The summed E-state index contributed by atoms with van der Waals surface area (Å²) >= 11 is 0. The fourth-order valence-electron chi connectivity index (χ4n) is 2.11. The van der Waals surface area contributed by atoms with E-state index in [1.54, 1.807) is 0 Å². The van der Waals surface area contributed by atoms with E-state index < -0.39 is 23.6 Å². The average Bonchev–Trinajstić information content (AvgIpc) is 2.64. The zero-order valence-electron chi connectivity index (χ0n) is 10.4. The maximum absolute atomic E-state index is 13.1. The van der Waals surface area contributed by atoms with Crippen LogP contribution in [0.2, 0.25) is 0 Å². The summed E-state index contributed by atoms with van der Waals surface area (Å²) in [5.41, 5.74) is -0.0558. The maximum atomic E-state index is 13.1. The molecule has 1 aliphatic rings. The number of benzene rings is 1. The van der Waals surface area contributed by atoms with Crippen LogP contribution in [0.3, 0.4) is 0 Å². The van der Waals surface area contributed by atoms with Crippen LogP contribution in [0.4, 0.5) is 8.78 Å². The van der Waals surface area contributed by atoms with Gasteiger partial charge in [-0.15, -0.1) is 0 Å². The summed E-state index contributed by atoms with van der Waals surface area (Å²) in [5.74, 6) is -2.13. The summed E-state index contributed by atoms with van der Waals surface area (Å²) in [6, 6.07) is 2.65. The molecule has 0 radical (unpaired) electrons. The molecular weight excluding hydrogens is 254 g/mol. The number of rotatable bonds is 2. The molecule has 1 amide bonds. The van der Waals surface area contributed by atoms with Crippen molar-refractivity contribution < 1.29 is 18.7 Å². The van der Waals surface area contributed by atoms with E-state index in [0.717, 1.165) is 25.1 Å². The molecule has 104 valence electrons. The molecule has 2 N–H and O–H groups in total. The fraction of sp³-hybridized carbons (Fsp3) is 0.462. The molecule has 19 heavy (non-hydrogen) atoms. The van der Waals surface area contributed by atoms with Crippen molar-refractivity contribution in [3.05, 3.63) is 35.4 Å². The Morgan fingerprint density at radius 2 is 1.89 bits per heavy atom. The first-order chi connectivity index (χ1) is 9.08. The summed E-state index contributed by atoms with van der Waals surface area (Å²) in [7, 11) is 0. The Hall–Kier alpha value is -1.53. The van der Waals surface area contributed by atoms with Crippen LogP contribution in [-0.2, 0) is 4.79 Å². The lowest BCUT2D eigenvalue weighted by molar-refractivity contribution is -0.140. The van der Waals surface area contributed by atoms with Gasteiger partial charge in [-0.1, -0.05) is 0 Å². The smallest absolute Gasteiger partial charge is 0.256 e. The van der Waals surface area contributed by atoms with Crippen LogP contribution >= 0.6 is 0 Å². The third-order valence-corrected chi connectivity index (χ3v) is 3.09. The first kappa shape index (κ1) is 13.9. The topological polar surface area (TPSA) is 52.6 Å². The van der Waals surface area contributed by atoms with Crippen LogP contribution < -0.4 is 5.32 Å². The van der Waals surface area contributed by atoms with Gasteiger partial charge < -0.3 is 15.3 Å². The molecule has 1 fully saturated rings. The fourth-order valence-corrected chi connectivity index (χ4v) is 2.11. The zero-order valence-corrected chi connectivity index (χ0v) is 10.4. The van der Waals surface area contributed by atoms with Gasteiger partial charge in [0.2, 0.25) is 0 Å². The SMILES string of the molecule is O=C(C(O)c1cc(F)cc(F)c1)N1CCCNCC1. The minimum absolute atomic E-state index is 0.0558. The largest absolute Gasteiger partial charge is 0.378 e. The zero-order chi connectivity index (χ0) is 13.8. The summed E-state index contributed by atoms with van der Waals surface area (Å²) in [5, 5.41) is 13.1. The Morgan fingerprint density at radius 1 is 1.21 bits per heavy atom. The molecule has 1 aromatic rings. The van der Waals surface area contributed by atoms with Crippen LogP contribution in [0.25, 0.3) is 0 Å². The molecule has 0 spiro atoms. The number of nitrogens with one attached hydrogen (secondary N) is 1. The molecule has 0 bridgehead atoms. The molecule has 1 saturated heterocycles. The van der Waals surface area contributed by atoms with Crippen molar-refractivity contribution in [2.45, 2.75) is 12.5 Å². The summed E-state index contributed by atoms with van der Waals surface area (Å²) in [6.45, 7) is 2.47. The van der Waals surface area contributed by atoms with E-state index in [-0.39, 0.29) is 5.56 Å². The highest BCUT2D eigenvalue weighted by molar-refractivity contribution is 5.82. The molecule has 1 atom stereocenters. The van der Waals surface area contributed by atoms with Crippen molar-refractivity contribution in [3.8, 4) is 0 Å². The Labute approximate surface area is 110 Å². The van der Waals surface area contributed by atoms with Crippen LogP contribution in [0.1, 0.15) is 18.1 Å². The number of aliphatic hydroxyl groups excluding tert-OH is 1. The predicted octanol–water partition coefficient (Wildman–Crippen LogP) is 0.820. The Bertz CT molecular complexity index is 440. The van der Waals surface area contributed by atoms with Gasteiger partial charge in [0, 0.05) is 25.7 Å². The van der Waals surface area contributed by atoms with Crippen molar-refractivity contribution in [2.75, 3.05) is 26.2 Å². The molecule has 0 aromatic heterocycles. The summed E-state index contributed by atoms with van der Waals surface area (Å²) in [6.07, 6.45) is -0.737. The quantitative estimate of drug-likeness (QED) is 0.836. The number of carbonyl (C=O) groups excluding carboxylic acids is 1. The number of hydrogen-bond acceptors (Lipinski definition) is 3. The number of hydrogen-bond donors (Lipinski definition) is 2. The maximum Gasteiger partial charge on any atom is 0.256 e. The van der Waals surface area contributed by atoms with Crippen LogP contribution in [0, 0.1) is 11.6 Å². The average molecular weight is 270 g/mol.